The maximum absolute atomic E-state index is 12.1. The maximum atomic E-state index is 12.1. The van der Waals surface area contributed by atoms with Crippen LogP contribution in [0.15, 0.2) is 120 Å². The molecule has 12 bridgehead atoms. The molecule has 0 saturated carbocycles. The Labute approximate surface area is 309 Å². The van der Waals surface area contributed by atoms with E-state index in [0.29, 0.717) is 33.6 Å². The number of aromatic hydroxyl groups is 2. The number of fused-ring (bicyclic) bond motifs is 13. The first-order valence-electron chi connectivity index (χ1n) is 18.3. The summed E-state index contributed by atoms with van der Waals surface area (Å²) in [6.07, 6.45) is 4.17. The van der Waals surface area contributed by atoms with Gasteiger partial charge in [0.1, 0.15) is 11.5 Å². The molecule has 5 heterocycles. The Bertz CT molecular complexity index is 2670. The minimum Gasteiger partial charge on any atom is -0.507 e. The van der Waals surface area contributed by atoms with Crippen molar-refractivity contribution in [2.24, 2.45) is 4.99 Å². The van der Waals surface area contributed by atoms with Gasteiger partial charge in [-0.25, -0.2) is 9.97 Å². The molecule has 0 aliphatic carbocycles. The van der Waals surface area contributed by atoms with Crippen LogP contribution in [0.2, 0.25) is 0 Å². The number of aromatic nitrogens is 3. The van der Waals surface area contributed by atoms with Gasteiger partial charge in [-0.15, -0.1) is 0 Å². The van der Waals surface area contributed by atoms with Gasteiger partial charge in [0.15, 0.2) is 0 Å². The van der Waals surface area contributed by atoms with Crippen LogP contribution in [0.5, 0.6) is 11.5 Å². The number of aliphatic imine (C=N–C) groups is 1. The first-order chi connectivity index (χ1) is 25.3. The van der Waals surface area contributed by atoms with Crippen LogP contribution in [-0.2, 0) is 10.8 Å². The number of allylic oxidation sites excluding steroid dienone is 1. The minimum absolute atomic E-state index is 0.148. The van der Waals surface area contributed by atoms with Crippen LogP contribution in [0.3, 0.4) is 0 Å². The third-order valence-corrected chi connectivity index (χ3v) is 10.9. The van der Waals surface area contributed by atoms with Gasteiger partial charge in [0.25, 0.3) is 0 Å². The third kappa shape index (κ3) is 5.52. The number of benzene rings is 4. The number of hydrogen-bond donors (Lipinski definition) is 3. The Balaban J connectivity index is 1.39. The van der Waals surface area contributed by atoms with Crippen molar-refractivity contribution in [1.82, 2.24) is 15.0 Å². The van der Waals surface area contributed by atoms with E-state index >= 15 is 0 Å². The Hall–Kier alpha value is -6.01. The highest BCUT2D eigenvalue weighted by molar-refractivity contribution is 6.13. The van der Waals surface area contributed by atoms with Crippen molar-refractivity contribution in [3.8, 4) is 45.3 Å². The fourth-order valence-electron chi connectivity index (χ4n) is 7.75. The molecule has 0 saturated heterocycles. The summed E-state index contributed by atoms with van der Waals surface area (Å²) >= 11 is 0. The van der Waals surface area contributed by atoms with Crippen molar-refractivity contribution < 1.29 is 10.2 Å². The summed E-state index contributed by atoms with van der Waals surface area (Å²) in [6.45, 7) is 13.1. The number of hydrogen-bond acceptors (Lipinski definition) is 5. The summed E-state index contributed by atoms with van der Waals surface area (Å²) in [5.41, 5.74) is 10.8. The van der Waals surface area contributed by atoms with E-state index in [1.807, 2.05) is 36.4 Å². The van der Waals surface area contributed by atoms with Gasteiger partial charge in [0.2, 0.25) is 0 Å². The first kappa shape index (κ1) is 32.9. The molecule has 262 valence electrons. The van der Waals surface area contributed by atoms with E-state index in [1.165, 1.54) is 0 Å². The lowest BCUT2D eigenvalue weighted by Crippen LogP contribution is -2.16. The van der Waals surface area contributed by atoms with Crippen LogP contribution in [0, 0.1) is 0 Å². The second-order valence-electron chi connectivity index (χ2n) is 16.5. The van der Waals surface area contributed by atoms with Crippen molar-refractivity contribution in [2.45, 2.75) is 64.3 Å². The molecule has 9 rings (SSSR count). The smallest absolute Gasteiger partial charge is 0.134 e. The van der Waals surface area contributed by atoms with Gasteiger partial charge in [0.05, 0.1) is 40.1 Å². The van der Waals surface area contributed by atoms with Crippen LogP contribution < -0.4 is 0 Å². The van der Waals surface area contributed by atoms with Gasteiger partial charge in [-0.2, -0.15) is 0 Å². The zero-order valence-electron chi connectivity index (χ0n) is 30.9. The summed E-state index contributed by atoms with van der Waals surface area (Å²) in [6, 6.07) is 34.7. The second-order valence-corrected chi connectivity index (χ2v) is 16.5. The number of phenols is 2. The number of pyridine rings is 2. The van der Waals surface area contributed by atoms with Crippen LogP contribution in [-0.4, -0.2) is 36.9 Å². The molecule has 3 aromatic heterocycles. The summed E-state index contributed by atoms with van der Waals surface area (Å²) in [7, 11) is 0. The van der Waals surface area contributed by atoms with E-state index in [9.17, 15) is 10.2 Å². The van der Waals surface area contributed by atoms with E-state index in [-0.39, 0.29) is 34.3 Å². The molecule has 2 atom stereocenters. The normalized spacial score (nSPS) is 16.7. The number of aromatic amines is 1. The van der Waals surface area contributed by atoms with Gasteiger partial charge < -0.3 is 15.2 Å². The Morgan fingerprint density at radius 2 is 1.11 bits per heavy atom. The van der Waals surface area contributed by atoms with Crippen molar-refractivity contribution >= 4 is 27.5 Å². The predicted octanol–water partition coefficient (Wildman–Crippen LogP) is 11.0. The van der Waals surface area contributed by atoms with Crippen molar-refractivity contribution in [1.29, 1.82) is 0 Å². The second kappa shape index (κ2) is 11.8. The fraction of sp³-hybridized carbons (Fsp3) is 0.213. The molecule has 0 fully saturated rings. The Morgan fingerprint density at radius 1 is 0.585 bits per heavy atom. The number of nitrogens with one attached hydrogen (secondary N) is 1. The average molecular weight is 695 g/mol. The quantitative estimate of drug-likeness (QED) is 0.149. The van der Waals surface area contributed by atoms with E-state index in [0.717, 1.165) is 55.6 Å². The zero-order valence-corrected chi connectivity index (χ0v) is 30.9. The summed E-state index contributed by atoms with van der Waals surface area (Å²) in [4.78, 5) is 19.5. The first-order valence-corrected chi connectivity index (χ1v) is 18.3. The van der Waals surface area contributed by atoms with E-state index in [1.54, 1.807) is 0 Å². The lowest BCUT2D eigenvalue weighted by atomic mass is 9.83. The molecule has 0 radical (unpaired) electrons. The van der Waals surface area contributed by atoms with Gasteiger partial charge in [0, 0.05) is 44.4 Å². The monoisotopic (exact) mass is 694 g/mol. The number of rotatable bonds is 1. The van der Waals surface area contributed by atoms with Crippen molar-refractivity contribution in [3.63, 3.8) is 0 Å². The largest absolute Gasteiger partial charge is 0.507 e. The number of phenolic OH excluding ortho intramolecular Hbond substituents is 2. The molecule has 2 aliphatic rings. The van der Waals surface area contributed by atoms with Crippen molar-refractivity contribution in [2.75, 3.05) is 0 Å². The molecular weight excluding hydrogens is 653 g/mol. The summed E-state index contributed by atoms with van der Waals surface area (Å²) in [5, 5.41) is 26.1. The number of H-pyrrole nitrogens is 1. The lowest BCUT2D eigenvalue weighted by molar-refractivity contribution is 0.474. The number of nitrogens with zero attached hydrogens (tertiary/aromatic N) is 3. The van der Waals surface area contributed by atoms with Crippen LogP contribution in [0.4, 0.5) is 0 Å². The molecule has 53 heavy (non-hydrogen) atoms. The highest BCUT2D eigenvalue weighted by Gasteiger charge is 2.31. The molecule has 0 spiro atoms. The van der Waals surface area contributed by atoms with Crippen LogP contribution >= 0.6 is 0 Å². The van der Waals surface area contributed by atoms with Gasteiger partial charge in [-0.1, -0.05) is 102 Å². The molecule has 6 heteroatoms. The molecule has 7 aromatic rings. The summed E-state index contributed by atoms with van der Waals surface area (Å²) in [5.74, 6) is 0.163. The topological polar surface area (TPSA) is 94.4 Å². The van der Waals surface area contributed by atoms with E-state index in [4.69, 9.17) is 15.0 Å². The predicted molar refractivity (Wildman–Crippen MR) is 216 cm³/mol. The van der Waals surface area contributed by atoms with Gasteiger partial charge in [-0.3, -0.25) is 4.99 Å². The molecule has 2 unspecified atom stereocenters. The van der Waals surface area contributed by atoms with Gasteiger partial charge in [-0.05, 0) is 82.1 Å². The average Bonchev–Trinajstić information content (AvgIpc) is 3.82. The van der Waals surface area contributed by atoms with E-state index in [2.05, 4.69) is 125 Å². The zero-order chi connectivity index (χ0) is 36.8. The minimum atomic E-state index is -0.245. The molecule has 0 amide bonds. The maximum Gasteiger partial charge on any atom is 0.134 e. The SMILES string of the molecule is CC(C)(C)c1cc2c(O)c(c1)-c1ccc3ccc4ccc(nc4c3n1)-c1cc(C(C)(C)C)cc(c1O)-c1ccc([nH]1)C(c1ccccc1)C1C=CC2=N1. The fourth-order valence-corrected chi connectivity index (χ4v) is 7.75. The molecule has 3 N–H and O–H groups in total. The molecule has 4 aromatic carbocycles. The van der Waals surface area contributed by atoms with Crippen LogP contribution in [0.1, 0.15) is 75.4 Å². The van der Waals surface area contributed by atoms with Gasteiger partial charge >= 0.3 is 0 Å². The highest BCUT2D eigenvalue weighted by atomic mass is 16.3. The summed E-state index contributed by atoms with van der Waals surface area (Å²) < 4.78 is 0. The molecule has 2 aliphatic heterocycles. The van der Waals surface area contributed by atoms with E-state index < -0.39 is 0 Å². The lowest BCUT2D eigenvalue weighted by Gasteiger charge is -2.23. The highest BCUT2D eigenvalue weighted by Crippen LogP contribution is 2.44. The van der Waals surface area contributed by atoms with Crippen molar-refractivity contribution in [3.05, 3.63) is 143 Å². The third-order valence-electron chi connectivity index (χ3n) is 10.9. The Morgan fingerprint density at radius 3 is 1.70 bits per heavy atom. The molecular formula is C47H42N4O2. The Kier molecular flexibility index (Phi) is 7.29. The molecule has 6 nitrogen and oxygen atoms in total. The van der Waals surface area contributed by atoms with Crippen LogP contribution in [0.25, 0.3) is 55.6 Å². The standard InChI is InChI=1S/C47H42N4O2/c1-46(2,3)29-22-31-35-18-20-39(48-35)41(26-10-8-7-9-11-26)40-21-19-36(49-40)32-23-30(47(4,5)6)25-34(45(32)53)38-17-15-28-13-12-27-14-16-37(33(24-29)44(31)52)50-42(27)43(28)51-38/h7-25,39,41,49,52-53H,1-6H3.